The van der Waals surface area contributed by atoms with Crippen molar-refractivity contribution in [3.05, 3.63) is 56.5 Å². The quantitative estimate of drug-likeness (QED) is 0.680. The summed E-state index contributed by atoms with van der Waals surface area (Å²) in [5, 5.41) is 0. The Morgan fingerprint density at radius 2 is 1.96 bits per heavy atom. The normalized spacial score (nSPS) is 11.6. The number of alkyl halides is 3. The topological polar surface area (TPSA) is 20.3 Å². The second-order valence-electron chi connectivity index (χ2n) is 4.72. The Bertz CT molecular complexity index is 714. The highest BCUT2D eigenvalue weighted by atomic mass is 35.5. The molecule has 0 N–H and O–H groups in total. The Morgan fingerprint density at radius 3 is 2.48 bits per heavy atom. The third kappa shape index (κ3) is 4.23. The van der Waals surface area contributed by atoms with Crippen molar-refractivity contribution in [2.45, 2.75) is 19.6 Å². The maximum atomic E-state index is 13.3. The van der Waals surface area contributed by atoms with Gasteiger partial charge in [-0.05, 0) is 37.3 Å². The van der Waals surface area contributed by atoms with Gasteiger partial charge in [-0.1, -0.05) is 11.6 Å². The molecule has 1 aromatic heterocycles. The summed E-state index contributed by atoms with van der Waals surface area (Å²) in [6, 6.07) is 5.68. The predicted molar refractivity (Wildman–Crippen MR) is 81.1 cm³/mol. The van der Waals surface area contributed by atoms with Gasteiger partial charge in [-0.2, -0.15) is 13.2 Å². The lowest BCUT2D eigenvalue weighted by Gasteiger charge is -2.21. The van der Waals surface area contributed by atoms with Gasteiger partial charge in [0.05, 0.1) is 16.4 Å². The van der Waals surface area contributed by atoms with Crippen LogP contribution in [0.4, 0.5) is 17.6 Å². The van der Waals surface area contributed by atoms with E-state index in [0.29, 0.717) is 23.0 Å². The lowest BCUT2D eigenvalue weighted by atomic mass is 10.1. The molecule has 0 unspecified atom stereocenters. The molecule has 2 nitrogen and oxygen atoms in total. The number of halogens is 5. The highest BCUT2D eigenvalue weighted by Gasteiger charge is 2.35. The van der Waals surface area contributed by atoms with Crippen molar-refractivity contribution in [2.24, 2.45) is 0 Å². The van der Waals surface area contributed by atoms with Gasteiger partial charge < -0.3 is 4.90 Å². The predicted octanol–water partition coefficient (Wildman–Crippen LogP) is 5.22. The molecule has 124 valence electrons. The van der Waals surface area contributed by atoms with Crippen LogP contribution in [0.2, 0.25) is 4.34 Å². The largest absolute Gasteiger partial charge is 0.419 e. The van der Waals surface area contributed by atoms with Crippen LogP contribution in [0.5, 0.6) is 0 Å². The smallest absolute Gasteiger partial charge is 0.334 e. The van der Waals surface area contributed by atoms with Gasteiger partial charge in [0.25, 0.3) is 5.91 Å². The molecule has 0 fully saturated rings. The molecule has 0 spiro atoms. The Hall–Kier alpha value is -1.60. The van der Waals surface area contributed by atoms with Gasteiger partial charge in [0.2, 0.25) is 0 Å². The number of thiophene rings is 1. The van der Waals surface area contributed by atoms with Crippen LogP contribution in [0.3, 0.4) is 0 Å². The Kier molecular flexibility index (Phi) is 5.31. The van der Waals surface area contributed by atoms with Crippen LogP contribution < -0.4 is 0 Å². The summed E-state index contributed by atoms with van der Waals surface area (Å²) in [5.74, 6) is -2.00. The number of nitrogens with zero attached hydrogens (tertiary/aromatic N) is 1. The summed E-state index contributed by atoms with van der Waals surface area (Å²) in [7, 11) is 0. The fourth-order valence-electron chi connectivity index (χ4n) is 2.01. The van der Waals surface area contributed by atoms with E-state index in [4.69, 9.17) is 11.6 Å². The van der Waals surface area contributed by atoms with E-state index >= 15 is 0 Å². The molecule has 0 bridgehead atoms. The molecule has 0 aliphatic heterocycles. The third-order valence-electron chi connectivity index (χ3n) is 3.16. The molecule has 1 aromatic carbocycles. The van der Waals surface area contributed by atoms with Gasteiger partial charge in [-0.15, -0.1) is 11.3 Å². The molecular formula is C15H12ClF4NOS. The average molecular weight is 366 g/mol. The van der Waals surface area contributed by atoms with Crippen LogP contribution in [-0.2, 0) is 12.7 Å². The van der Waals surface area contributed by atoms with Crippen molar-refractivity contribution in [3.63, 3.8) is 0 Å². The van der Waals surface area contributed by atoms with Gasteiger partial charge in [-0.25, -0.2) is 4.39 Å². The summed E-state index contributed by atoms with van der Waals surface area (Å²) in [5.41, 5.74) is -1.65. The number of hydrogen-bond donors (Lipinski definition) is 0. The first-order chi connectivity index (χ1) is 10.7. The summed E-state index contributed by atoms with van der Waals surface area (Å²) in [6.45, 7) is 2.24. The van der Waals surface area contributed by atoms with Crippen molar-refractivity contribution in [3.8, 4) is 0 Å². The number of carbonyl (C=O) groups excluding carboxylic acids is 1. The zero-order valence-corrected chi connectivity index (χ0v) is 13.5. The van der Waals surface area contributed by atoms with Crippen molar-refractivity contribution in [2.75, 3.05) is 6.54 Å². The molecule has 0 radical (unpaired) electrons. The number of benzene rings is 1. The van der Waals surface area contributed by atoms with Crippen LogP contribution in [0.15, 0.2) is 30.3 Å². The first-order valence-electron chi connectivity index (χ1n) is 6.62. The summed E-state index contributed by atoms with van der Waals surface area (Å²) < 4.78 is 52.1. The van der Waals surface area contributed by atoms with Gasteiger partial charge >= 0.3 is 6.18 Å². The van der Waals surface area contributed by atoms with Crippen LogP contribution in [0, 0.1) is 5.82 Å². The number of amides is 1. The van der Waals surface area contributed by atoms with Crippen LogP contribution in [-0.4, -0.2) is 17.4 Å². The van der Waals surface area contributed by atoms with Gasteiger partial charge in [0.1, 0.15) is 5.82 Å². The highest BCUT2D eigenvalue weighted by Crippen LogP contribution is 2.32. The Labute approximate surface area is 139 Å². The minimum absolute atomic E-state index is 0.205. The average Bonchev–Trinajstić information content (AvgIpc) is 2.88. The molecule has 0 aliphatic carbocycles. The van der Waals surface area contributed by atoms with E-state index in [1.54, 1.807) is 19.1 Å². The number of hydrogen-bond acceptors (Lipinski definition) is 2. The minimum Gasteiger partial charge on any atom is -0.334 e. The van der Waals surface area contributed by atoms with E-state index in [-0.39, 0.29) is 12.1 Å². The molecule has 2 aromatic rings. The zero-order valence-electron chi connectivity index (χ0n) is 12.0. The molecule has 2 rings (SSSR count). The van der Waals surface area contributed by atoms with E-state index in [9.17, 15) is 22.4 Å². The monoisotopic (exact) mass is 365 g/mol. The Balaban J connectivity index is 2.27. The first-order valence-corrected chi connectivity index (χ1v) is 7.82. The fraction of sp³-hybridized carbons (Fsp3) is 0.267. The fourth-order valence-corrected chi connectivity index (χ4v) is 3.11. The summed E-state index contributed by atoms with van der Waals surface area (Å²) >= 11 is 7.11. The van der Waals surface area contributed by atoms with Crippen LogP contribution in [0.25, 0.3) is 0 Å². The number of rotatable bonds is 4. The molecule has 8 heteroatoms. The Morgan fingerprint density at radius 1 is 1.26 bits per heavy atom. The standard InChI is InChI=1S/C15H12ClF4NOS/c1-2-21(8-10-4-6-13(16)23-10)14(22)9-3-5-12(17)11(7-9)15(18,19)20/h3-7H,2,8H2,1H3. The SMILES string of the molecule is CCN(Cc1ccc(Cl)s1)C(=O)c1ccc(F)c(C(F)(F)F)c1. The highest BCUT2D eigenvalue weighted by molar-refractivity contribution is 7.16. The molecule has 0 saturated carbocycles. The maximum absolute atomic E-state index is 13.3. The molecule has 1 heterocycles. The molecular weight excluding hydrogens is 354 g/mol. The van der Waals surface area contributed by atoms with E-state index in [0.717, 1.165) is 10.9 Å². The van der Waals surface area contributed by atoms with Gasteiger partial charge in [-0.3, -0.25) is 4.79 Å². The van der Waals surface area contributed by atoms with Crippen molar-refractivity contribution in [1.82, 2.24) is 4.90 Å². The molecule has 23 heavy (non-hydrogen) atoms. The van der Waals surface area contributed by atoms with Crippen LogP contribution in [0.1, 0.15) is 27.7 Å². The van der Waals surface area contributed by atoms with Crippen molar-refractivity contribution in [1.29, 1.82) is 0 Å². The van der Waals surface area contributed by atoms with E-state index in [1.807, 2.05) is 0 Å². The number of carbonyl (C=O) groups is 1. The van der Waals surface area contributed by atoms with E-state index in [2.05, 4.69) is 0 Å². The second kappa shape index (κ2) is 6.88. The van der Waals surface area contributed by atoms with E-state index in [1.165, 1.54) is 16.2 Å². The van der Waals surface area contributed by atoms with Crippen LogP contribution >= 0.6 is 22.9 Å². The van der Waals surface area contributed by atoms with Gasteiger partial charge in [0, 0.05) is 17.0 Å². The van der Waals surface area contributed by atoms with E-state index < -0.39 is 23.5 Å². The summed E-state index contributed by atoms with van der Waals surface area (Å²) in [4.78, 5) is 14.6. The lowest BCUT2D eigenvalue weighted by molar-refractivity contribution is -0.140. The molecule has 0 atom stereocenters. The minimum atomic E-state index is -4.85. The lowest BCUT2D eigenvalue weighted by Crippen LogP contribution is -2.30. The first kappa shape index (κ1) is 17.7. The molecule has 0 aliphatic rings. The van der Waals surface area contributed by atoms with Crippen molar-refractivity contribution >= 4 is 28.8 Å². The van der Waals surface area contributed by atoms with Gasteiger partial charge in [0.15, 0.2) is 0 Å². The zero-order chi connectivity index (χ0) is 17.2. The second-order valence-corrected chi connectivity index (χ2v) is 6.52. The third-order valence-corrected chi connectivity index (χ3v) is 4.38. The molecule has 0 saturated heterocycles. The van der Waals surface area contributed by atoms with Crippen molar-refractivity contribution < 1.29 is 22.4 Å². The summed E-state index contributed by atoms with van der Waals surface area (Å²) in [6.07, 6.45) is -4.85. The molecule has 1 amide bonds. The maximum Gasteiger partial charge on any atom is 0.419 e.